The van der Waals surface area contributed by atoms with E-state index >= 15 is 0 Å². The van der Waals surface area contributed by atoms with E-state index in [1.54, 1.807) is 4.88 Å². The molecule has 1 aromatic heterocycles. The molecule has 1 fully saturated rings. The second kappa shape index (κ2) is 5.92. The third-order valence-corrected chi connectivity index (χ3v) is 5.78. The van der Waals surface area contributed by atoms with Crippen molar-refractivity contribution in [3.63, 3.8) is 0 Å². The van der Waals surface area contributed by atoms with Crippen molar-refractivity contribution in [2.24, 2.45) is 5.92 Å². The van der Waals surface area contributed by atoms with Crippen LogP contribution in [-0.4, -0.2) is 18.1 Å². The van der Waals surface area contributed by atoms with Crippen LogP contribution < -0.4 is 5.32 Å². The van der Waals surface area contributed by atoms with Crippen LogP contribution in [0.3, 0.4) is 0 Å². The molecule has 0 spiro atoms. The van der Waals surface area contributed by atoms with Crippen molar-refractivity contribution < 1.29 is 0 Å². The molecule has 2 aliphatic carbocycles. The minimum atomic E-state index is 0.674. The SMILES string of the molecule is CC(C)CNCC1CCCc2sc(C3CCC3)nc21. The summed E-state index contributed by atoms with van der Waals surface area (Å²) in [5.41, 5.74) is 1.45. The Morgan fingerprint density at radius 2 is 2.11 bits per heavy atom. The number of aromatic nitrogens is 1. The Bertz CT molecular complexity index is 420. The van der Waals surface area contributed by atoms with E-state index in [4.69, 9.17) is 4.98 Å². The summed E-state index contributed by atoms with van der Waals surface area (Å²) in [5, 5.41) is 5.08. The quantitative estimate of drug-likeness (QED) is 0.878. The zero-order valence-corrected chi connectivity index (χ0v) is 13.1. The Morgan fingerprint density at radius 1 is 1.26 bits per heavy atom. The molecule has 1 unspecified atom stereocenters. The van der Waals surface area contributed by atoms with Gasteiger partial charge in [-0.1, -0.05) is 20.3 Å². The molecule has 1 heterocycles. The first kappa shape index (κ1) is 13.6. The van der Waals surface area contributed by atoms with Crippen LogP contribution in [0.5, 0.6) is 0 Å². The standard InChI is InChI=1S/C16H26N2S/c1-11(2)9-17-10-13-7-4-8-14-15(13)18-16(19-14)12-5-3-6-12/h11-13,17H,3-10H2,1-2H3. The number of hydrogen-bond donors (Lipinski definition) is 1. The van der Waals surface area contributed by atoms with Crippen LogP contribution in [0.15, 0.2) is 0 Å². The van der Waals surface area contributed by atoms with Gasteiger partial charge in [0, 0.05) is 23.3 Å². The summed E-state index contributed by atoms with van der Waals surface area (Å²) in [6.45, 7) is 6.80. The summed E-state index contributed by atoms with van der Waals surface area (Å²) in [7, 11) is 0. The van der Waals surface area contributed by atoms with Gasteiger partial charge in [0.25, 0.3) is 0 Å². The van der Waals surface area contributed by atoms with Crippen molar-refractivity contribution in [1.82, 2.24) is 10.3 Å². The van der Waals surface area contributed by atoms with Crippen LogP contribution in [0.4, 0.5) is 0 Å². The molecule has 2 aliphatic rings. The summed E-state index contributed by atoms with van der Waals surface area (Å²) in [5.74, 6) is 2.22. The Labute approximate surface area is 121 Å². The van der Waals surface area contributed by atoms with Crippen molar-refractivity contribution >= 4 is 11.3 Å². The van der Waals surface area contributed by atoms with Crippen LogP contribution in [0.25, 0.3) is 0 Å². The van der Waals surface area contributed by atoms with Crippen LogP contribution in [0, 0.1) is 5.92 Å². The van der Waals surface area contributed by atoms with E-state index < -0.39 is 0 Å². The van der Waals surface area contributed by atoms with Crippen molar-refractivity contribution in [2.75, 3.05) is 13.1 Å². The first-order valence-electron chi connectivity index (χ1n) is 7.94. The summed E-state index contributed by atoms with van der Waals surface area (Å²) in [4.78, 5) is 6.63. The largest absolute Gasteiger partial charge is 0.316 e. The lowest BCUT2D eigenvalue weighted by Gasteiger charge is -2.23. The normalized spacial score (nSPS) is 23.4. The van der Waals surface area contributed by atoms with Crippen molar-refractivity contribution in [3.8, 4) is 0 Å². The molecule has 0 aliphatic heterocycles. The molecule has 19 heavy (non-hydrogen) atoms. The van der Waals surface area contributed by atoms with Gasteiger partial charge in [0.05, 0.1) is 10.7 Å². The summed E-state index contributed by atoms with van der Waals surface area (Å²) in [6.07, 6.45) is 8.12. The minimum absolute atomic E-state index is 0.674. The molecule has 2 nitrogen and oxygen atoms in total. The highest BCUT2D eigenvalue weighted by Gasteiger charge is 2.29. The van der Waals surface area contributed by atoms with E-state index in [0.29, 0.717) is 5.92 Å². The van der Waals surface area contributed by atoms with Gasteiger partial charge in [-0.25, -0.2) is 4.98 Å². The van der Waals surface area contributed by atoms with Gasteiger partial charge in [-0.15, -0.1) is 11.3 Å². The van der Waals surface area contributed by atoms with Gasteiger partial charge in [0.2, 0.25) is 0 Å². The maximum absolute atomic E-state index is 5.03. The third kappa shape index (κ3) is 3.03. The molecular weight excluding hydrogens is 252 g/mol. The fraction of sp³-hybridized carbons (Fsp3) is 0.812. The molecule has 1 aromatic rings. The maximum atomic E-state index is 5.03. The van der Waals surface area contributed by atoms with Gasteiger partial charge in [-0.2, -0.15) is 0 Å². The summed E-state index contributed by atoms with van der Waals surface area (Å²) >= 11 is 2.02. The predicted molar refractivity (Wildman–Crippen MR) is 82.1 cm³/mol. The van der Waals surface area contributed by atoms with Gasteiger partial charge in [-0.05, 0) is 44.6 Å². The predicted octanol–water partition coefficient (Wildman–Crippen LogP) is 4.08. The highest BCUT2D eigenvalue weighted by atomic mass is 32.1. The lowest BCUT2D eigenvalue weighted by molar-refractivity contribution is 0.415. The average Bonchev–Trinajstić information content (AvgIpc) is 2.70. The van der Waals surface area contributed by atoms with E-state index in [9.17, 15) is 0 Å². The second-order valence-corrected chi connectivity index (χ2v) is 7.74. The molecule has 0 aromatic carbocycles. The third-order valence-electron chi connectivity index (χ3n) is 4.48. The highest BCUT2D eigenvalue weighted by molar-refractivity contribution is 7.11. The first-order valence-corrected chi connectivity index (χ1v) is 8.76. The average molecular weight is 278 g/mol. The number of hydrogen-bond acceptors (Lipinski definition) is 3. The molecule has 1 N–H and O–H groups in total. The van der Waals surface area contributed by atoms with Gasteiger partial charge in [0.1, 0.15) is 0 Å². The molecule has 3 rings (SSSR count). The highest BCUT2D eigenvalue weighted by Crippen LogP contribution is 2.42. The fourth-order valence-electron chi connectivity index (χ4n) is 3.10. The van der Waals surface area contributed by atoms with E-state index in [-0.39, 0.29) is 0 Å². The van der Waals surface area contributed by atoms with E-state index in [1.807, 2.05) is 11.3 Å². The summed E-state index contributed by atoms with van der Waals surface area (Å²) < 4.78 is 0. The molecular formula is C16H26N2S. The monoisotopic (exact) mass is 278 g/mol. The van der Waals surface area contributed by atoms with E-state index in [1.165, 1.54) is 49.2 Å². The van der Waals surface area contributed by atoms with Crippen LogP contribution in [-0.2, 0) is 6.42 Å². The Kier molecular flexibility index (Phi) is 4.23. The maximum Gasteiger partial charge on any atom is 0.0962 e. The second-order valence-electron chi connectivity index (χ2n) is 6.63. The minimum Gasteiger partial charge on any atom is -0.316 e. The number of aryl methyl sites for hydroxylation is 1. The molecule has 1 saturated carbocycles. The van der Waals surface area contributed by atoms with E-state index in [2.05, 4.69) is 19.2 Å². The smallest absolute Gasteiger partial charge is 0.0962 e. The Balaban J connectivity index is 1.66. The van der Waals surface area contributed by atoms with Crippen LogP contribution >= 0.6 is 11.3 Å². The molecule has 0 radical (unpaired) electrons. The molecule has 0 saturated heterocycles. The molecule has 106 valence electrons. The summed E-state index contributed by atoms with van der Waals surface area (Å²) in [6, 6.07) is 0. The number of thiazole rings is 1. The van der Waals surface area contributed by atoms with Gasteiger partial charge in [0.15, 0.2) is 0 Å². The van der Waals surface area contributed by atoms with Gasteiger partial charge >= 0.3 is 0 Å². The molecule has 0 bridgehead atoms. The zero-order chi connectivity index (χ0) is 13.2. The van der Waals surface area contributed by atoms with Crippen molar-refractivity contribution in [3.05, 3.63) is 15.6 Å². The number of nitrogens with zero attached hydrogens (tertiary/aromatic N) is 1. The van der Waals surface area contributed by atoms with Gasteiger partial charge < -0.3 is 5.32 Å². The molecule has 3 heteroatoms. The zero-order valence-electron chi connectivity index (χ0n) is 12.2. The lowest BCUT2D eigenvalue weighted by Crippen LogP contribution is -2.27. The lowest BCUT2D eigenvalue weighted by atomic mass is 9.86. The van der Waals surface area contributed by atoms with Gasteiger partial charge in [-0.3, -0.25) is 0 Å². The fourth-order valence-corrected chi connectivity index (χ4v) is 4.46. The molecule has 1 atom stereocenters. The topological polar surface area (TPSA) is 24.9 Å². The molecule has 0 amide bonds. The Morgan fingerprint density at radius 3 is 2.79 bits per heavy atom. The number of nitrogens with one attached hydrogen (secondary N) is 1. The van der Waals surface area contributed by atoms with E-state index in [0.717, 1.165) is 24.9 Å². The number of fused-ring (bicyclic) bond motifs is 1. The Hall–Kier alpha value is -0.410. The van der Waals surface area contributed by atoms with Crippen LogP contribution in [0.1, 0.15) is 73.4 Å². The first-order chi connectivity index (χ1) is 9.24. The van der Waals surface area contributed by atoms with Crippen LogP contribution in [0.2, 0.25) is 0 Å². The van der Waals surface area contributed by atoms with Crippen molar-refractivity contribution in [1.29, 1.82) is 0 Å². The number of rotatable bonds is 5. The van der Waals surface area contributed by atoms with Crippen molar-refractivity contribution in [2.45, 2.75) is 64.2 Å².